The summed E-state index contributed by atoms with van der Waals surface area (Å²) >= 11 is 0. The van der Waals surface area contributed by atoms with E-state index in [-0.39, 0.29) is 17.9 Å². The van der Waals surface area contributed by atoms with E-state index in [4.69, 9.17) is 15.2 Å². The van der Waals surface area contributed by atoms with E-state index in [9.17, 15) is 4.79 Å². The van der Waals surface area contributed by atoms with Crippen LogP contribution in [0.4, 0.5) is 0 Å². The molecule has 1 aromatic carbocycles. The number of hydrogen-bond donors (Lipinski definition) is 2. The predicted octanol–water partition coefficient (Wildman–Crippen LogP) is 3.02. The summed E-state index contributed by atoms with van der Waals surface area (Å²) in [5, 5.41) is 2.98. The number of ether oxygens (including phenoxy) is 2. The Hall–Kier alpha value is -2.60. The molecular weight excluding hydrogens is 330 g/mol. The van der Waals surface area contributed by atoms with Crippen molar-refractivity contribution in [1.29, 1.82) is 0 Å². The maximum Gasteiger partial charge on any atom is 0.223 e. The fourth-order valence-electron chi connectivity index (χ4n) is 3.10. The van der Waals surface area contributed by atoms with E-state index in [0.717, 1.165) is 30.6 Å². The number of carbonyl (C=O) groups excluding carboxylic acids is 1. The molecule has 6 heteroatoms. The molecular formula is C20H25N3O3. The SMILES string of the molecule is CCOc1ccc(Oc2cc(CNC(=O)C3CCC(N)C3)ccn2)cc1. The van der Waals surface area contributed by atoms with Crippen molar-refractivity contribution in [2.24, 2.45) is 11.7 Å². The number of nitrogens with zero attached hydrogens (tertiary/aromatic N) is 1. The van der Waals surface area contributed by atoms with Crippen molar-refractivity contribution in [2.75, 3.05) is 6.61 Å². The Balaban J connectivity index is 1.55. The number of pyridine rings is 1. The van der Waals surface area contributed by atoms with Crippen LogP contribution in [0, 0.1) is 5.92 Å². The highest BCUT2D eigenvalue weighted by molar-refractivity contribution is 5.79. The summed E-state index contributed by atoms with van der Waals surface area (Å²) in [7, 11) is 0. The summed E-state index contributed by atoms with van der Waals surface area (Å²) in [6.45, 7) is 3.02. The highest BCUT2D eigenvalue weighted by atomic mass is 16.5. The summed E-state index contributed by atoms with van der Waals surface area (Å²) in [6, 6.07) is 11.2. The third-order valence-corrected chi connectivity index (χ3v) is 4.47. The quantitative estimate of drug-likeness (QED) is 0.797. The van der Waals surface area contributed by atoms with Gasteiger partial charge in [-0.3, -0.25) is 4.79 Å². The predicted molar refractivity (Wildman–Crippen MR) is 99.1 cm³/mol. The van der Waals surface area contributed by atoms with Crippen LogP contribution >= 0.6 is 0 Å². The zero-order valence-electron chi connectivity index (χ0n) is 15.0. The van der Waals surface area contributed by atoms with E-state index < -0.39 is 0 Å². The number of nitrogens with two attached hydrogens (primary N) is 1. The second-order valence-electron chi connectivity index (χ2n) is 6.50. The molecule has 1 aliphatic carbocycles. The molecule has 2 aromatic rings. The van der Waals surface area contributed by atoms with Crippen LogP contribution in [-0.4, -0.2) is 23.5 Å². The second-order valence-corrected chi connectivity index (χ2v) is 6.50. The van der Waals surface area contributed by atoms with Gasteiger partial charge in [0.05, 0.1) is 6.61 Å². The third-order valence-electron chi connectivity index (χ3n) is 4.47. The van der Waals surface area contributed by atoms with Crippen LogP contribution in [0.5, 0.6) is 17.4 Å². The van der Waals surface area contributed by atoms with Gasteiger partial charge in [0.2, 0.25) is 11.8 Å². The largest absolute Gasteiger partial charge is 0.494 e. The lowest BCUT2D eigenvalue weighted by atomic mass is 10.1. The Morgan fingerprint density at radius 2 is 2.00 bits per heavy atom. The molecule has 0 spiro atoms. The molecule has 1 heterocycles. The zero-order valence-corrected chi connectivity index (χ0v) is 15.0. The first-order valence-electron chi connectivity index (χ1n) is 9.03. The summed E-state index contributed by atoms with van der Waals surface area (Å²) in [5.74, 6) is 2.08. The first-order valence-corrected chi connectivity index (χ1v) is 9.03. The van der Waals surface area contributed by atoms with Crippen LogP contribution in [0.2, 0.25) is 0 Å². The van der Waals surface area contributed by atoms with Crippen molar-refractivity contribution in [3.63, 3.8) is 0 Å². The van der Waals surface area contributed by atoms with Crippen LogP contribution in [0.3, 0.4) is 0 Å². The average molecular weight is 355 g/mol. The Bertz CT molecular complexity index is 733. The average Bonchev–Trinajstić information content (AvgIpc) is 3.08. The Labute approximate surface area is 153 Å². The van der Waals surface area contributed by atoms with Crippen LogP contribution in [0.1, 0.15) is 31.7 Å². The summed E-state index contributed by atoms with van der Waals surface area (Å²) < 4.78 is 11.2. The molecule has 1 aromatic heterocycles. The van der Waals surface area contributed by atoms with E-state index in [1.807, 2.05) is 43.3 Å². The van der Waals surface area contributed by atoms with Gasteiger partial charge in [-0.15, -0.1) is 0 Å². The van der Waals surface area contributed by atoms with Gasteiger partial charge >= 0.3 is 0 Å². The van der Waals surface area contributed by atoms with Gasteiger partial charge in [0, 0.05) is 30.8 Å². The van der Waals surface area contributed by atoms with Crippen molar-refractivity contribution in [3.05, 3.63) is 48.2 Å². The molecule has 0 aliphatic heterocycles. The second kappa shape index (κ2) is 8.67. The first-order chi connectivity index (χ1) is 12.6. The van der Waals surface area contributed by atoms with Crippen LogP contribution in [0.25, 0.3) is 0 Å². The molecule has 1 amide bonds. The molecule has 2 unspecified atom stereocenters. The molecule has 6 nitrogen and oxygen atoms in total. The molecule has 3 rings (SSSR count). The minimum absolute atomic E-state index is 0.0337. The number of rotatable bonds is 7. The maximum absolute atomic E-state index is 12.2. The lowest BCUT2D eigenvalue weighted by molar-refractivity contribution is -0.125. The topological polar surface area (TPSA) is 86.5 Å². The molecule has 1 fully saturated rings. The van der Waals surface area contributed by atoms with Gasteiger partial charge in [-0.25, -0.2) is 4.98 Å². The van der Waals surface area contributed by atoms with Crippen LogP contribution in [0.15, 0.2) is 42.6 Å². The van der Waals surface area contributed by atoms with Crippen molar-refractivity contribution < 1.29 is 14.3 Å². The monoisotopic (exact) mass is 355 g/mol. The molecule has 1 saturated carbocycles. The van der Waals surface area contributed by atoms with E-state index in [0.29, 0.717) is 24.8 Å². The van der Waals surface area contributed by atoms with Crippen LogP contribution < -0.4 is 20.5 Å². The number of nitrogens with one attached hydrogen (secondary N) is 1. The van der Waals surface area contributed by atoms with E-state index in [2.05, 4.69) is 10.3 Å². The Morgan fingerprint density at radius 1 is 1.23 bits per heavy atom. The summed E-state index contributed by atoms with van der Waals surface area (Å²) in [6.07, 6.45) is 4.24. The highest BCUT2D eigenvalue weighted by Crippen LogP contribution is 2.25. The lowest BCUT2D eigenvalue weighted by Crippen LogP contribution is -2.30. The smallest absolute Gasteiger partial charge is 0.223 e. The van der Waals surface area contributed by atoms with Gasteiger partial charge in [-0.1, -0.05) is 0 Å². The third kappa shape index (κ3) is 4.95. The van der Waals surface area contributed by atoms with Crippen molar-refractivity contribution in [3.8, 4) is 17.4 Å². The van der Waals surface area contributed by atoms with Gasteiger partial charge in [-0.2, -0.15) is 0 Å². The normalized spacial score (nSPS) is 19.2. The number of aromatic nitrogens is 1. The minimum atomic E-state index is 0.0337. The number of amides is 1. The summed E-state index contributed by atoms with van der Waals surface area (Å²) in [5.41, 5.74) is 6.82. The molecule has 0 saturated heterocycles. The van der Waals surface area contributed by atoms with Gasteiger partial charge in [0.15, 0.2) is 0 Å². The molecule has 26 heavy (non-hydrogen) atoms. The fourth-order valence-corrected chi connectivity index (χ4v) is 3.10. The molecule has 0 bridgehead atoms. The molecule has 2 atom stereocenters. The number of benzene rings is 1. The highest BCUT2D eigenvalue weighted by Gasteiger charge is 2.27. The standard InChI is InChI=1S/C20H25N3O3/c1-2-25-17-5-7-18(8-6-17)26-19-11-14(9-10-22-19)13-23-20(24)15-3-4-16(21)12-15/h5-11,15-16H,2-4,12-13,21H2,1H3,(H,23,24). The molecule has 3 N–H and O–H groups in total. The molecule has 1 aliphatic rings. The van der Waals surface area contributed by atoms with E-state index >= 15 is 0 Å². The molecule has 0 radical (unpaired) electrons. The molecule has 138 valence electrons. The number of hydrogen-bond acceptors (Lipinski definition) is 5. The Morgan fingerprint density at radius 3 is 2.69 bits per heavy atom. The van der Waals surface area contributed by atoms with Gasteiger partial charge in [0.25, 0.3) is 0 Å². The van der Waals surface area contributed by atoms with Crippen molar-refractivity contribution in [2.45, 2.75) is 38.8 Å². The van der Waals surface area contributed by atoms with Crippen molar-refractivity contribution in [1.82, 2.24) is 10.3 Å². The maximum atomic E-state index is 12.2. The van der Waals surface area contributed by atoms with Gasteiger partial charge in [-0.05, 0) is 62.1 Å². The number of carbonyl (C=O) groups is 1. The lowest BCUT2D eigenvalue weighted by Gasteiger charge is -2.11. The van der Waals surface area contributed by atoms with Crippen LogP contribution in [-0.2, 0) is 11.3 Å². The fraction of sp³-hybridized carbons (Fsp3) is 0.400. The first kappa shape index (κ1) is 18.2. The van der Waals surface area contributed by atoms with Crippen molar-refractivity contribution >= 4 is 5.91 Å². The van der Waals surface area contributed by atoms with Gasteiger partial charge in [0.1, 0.15) is 11.5 Å². The van der Waals surface area contributed by atoms with Gasteiger partial charge < -0.3 is 20.5 Å². The van der Waals surface area contributed by atoms with E-state index in [1.165, 1.54) is 0 Å². The Kier molecular flexibility index (Phi) is 6.07. The summed E-state index contributed by atoms with van der Waals surface area (Å²) in [4.78, 5) is 16.4. The van der Waals surface area contributed by atoms with E-state index in [1.54, 1.807) is 6.20 Å². The zero-order chi connectivity index (χ0) is 18.4. The minimum Gasteiger partial charge on any atom is -0.494 e.